The molecule has 1 fully saturated rings. The second-order valence-corrected chi connectivity index (χ2v) is 6.46. The van der Waals surface area contributed by atoms with Crippen molar-refractivity contribution in [2.75, 3.05) is 33.8 Å². The van der Waals surface area contributed by atoms with Crippen molar-refractivity contribution in [2.45, 2.75) is 38.5 Å². The molecule has 24 heavy (non-hydrogen) atoms. The molecule has 1 aromatic rings. The molecule has 0 saturated carbocycles. The number of rotatable bonds is 9. The van der Waals surface area contributed by atoms with E-state index in [9.17, 15) is 4.79 Å². The van der Waals surface area contributed by atoms with Crippen LogP contribution in [-0.2, 0) is 11.2 Å². The Morgan fingerprint density at radius 1 is 1.25 bits per heavy atom. The highest BCUT2D eigenvalue weighted by molar-refractivity contribution is 5.85. The largest absolute Gasteiger partial charge is 0.497 e. The van der Waals surface area contributed by atoms with E-state index >= 15 is 0 Å². The number of methoxy groups -OCH3 is 1. The molecule has 1 heterocycles. The number of nitrogens with zero attached hydrogens (tertiary/aromatic N) is 1. The fourth-order valence-corrected chi connectivity index (χ4v) is 3.25. The van der Waals surface area contributed by atoms with Crippen molar-refractivity contribution in [2.24, 2.45) is 5.92 Å². The Morgan fingerprint density at radius 2 is 2.00 bits per heavy atom. The van der Waals surface area contributed by atoms with Gasteiger partial charge in [0.05, 0.1) is 7.11 Å². The minimum absolute atomic E-state index is 0. The third kappa shape index (κ3) is 6.70. The van der Waals surface area contributed by atoms with Gasteiger partial charge in [0.1, 0.15) is 5.75 Å². The summed E-state index contributed by atoms with van der Waals surface area (Å²) < 4.78 is 5.16. The molecule has 1 atom stereocenters. The maximum atomic E-state index is 12.2. The number of carbonyl (C=O) groups is 1. The molecule has 1 N–H and O–H groups in total. The van der Waals surface area contributed by atoms with E-state index in [2.05, 4.69) is 17.4 Å². The number of aryl methyl sites for hydroxylation is 1. The van der Waals surface area contributed by atoms with Crippen LogP contribution in [0.5, 0.6) is 5.75 Å². The number of hydrogen-bond donors (Lipinski definition) is 1. The highest BCUT2D eigenvalue weighted by Gasteiger charge is 2.24. The summed E-state index contributed by atoms with van der Waals surface area (Å²) in [4.78, 5) is 14.2. The fraction of sp³-hybridized carbons (Fsp3) is 0.632. The molecule has 2 rings (SSSR count). The van der Waals surface area contributed by atoms with E-state index in [0.29, 0.717) is 18.2 Å². The molecule has 0 aliphatic carbocycles. The third-order valence-corrected chi connectivity index (χ3v) is 4.65. The topological polar surface area (TPSA) is 41.6 Å². The van der Waals surface area contributed by atoms with Gasteiger partial charge >= 0.3 is 0 Å². The Morgan fingerprint density at radius 3 is 2.67 bits per heavy atom. The minimum atomic E-state index is 0. The van der Waals surface area contributed by atoms with Crippen LogP contribution in [0.15, 0.2) is 24.3 Å². The van der Waals surface area contributed by atoms with Gasteiger partial charge in [-0.3, -0.25) is 4.79 Å². The molecule has 1 amide bonds. The number of carbonyl (C=O) groups excluding carboxylic acids is 1. The number of unbranched alkanes of at least 4 members (excludes halogenated alkanes) is 2. The zero-order valence-corrected chi connectivity index (χ0v) is 15.7. The van der Waals surface area contributed by atoms with Gasteiger partial charge in [0, 0.05) is 19.5 Å². The van der Waals surface area contributed by atoms with Crippen LogP contribution in [0.1, 0.15) is 37.7 Å². The number of nitrogens with one attached hydrogen (secondary N) is 1. The summed E-state index contributed by atoms with van der Waals surface area (Å²) in [5.41, 5.74) is 1.34. The first-order chi connectivity index (χ1) is 11.2. The van der Waals surface area contributed by atoms with Crippen molar-refractivity contribution in [3.05, 3.63) is 29.8 Å². The number of hydrogen-bond acceptors (Lipinski definition) is 3. The highest BCUT2D eigenvalue weighted by atomic mass is 35.5. The quantitative estimate of drug-likeness (QED) is 0.692. The lowest BCUT2D eigenvalue weighted by molar-refractivity contribution is -0.130. The number of halogens is 1. The maximum absolute atomic E-state index is 12.2. The lowest BCUT2D eigenvalue weighted by Gasteiger charge is -2.16. The van der Waals surface area contributed by atoms with Crippen LogP contribution >= 0.6 is 12.4 Å². The van der Waals surface area contributed by atoms with Gasteiger partial charge in [-0.2, -0.15) is 0 Å². The van der Waals surface area contributed by atoms with Crippen molar-refractivity contribution in [3.8, 4) is 5.75 Å². The van der Waals surface area contributed by atoms with Crippen molar-refractivity contribution in [1.82, 2.24) is 10.2 Å². The molecule has 1 aromatic carbocycles. The molecule has 1 aliphatic rings. The minimum Gasteiger partial charge on any atom is -0.497 e. The summed E-state index contributed by atoms with van der Waals surface area (Å²) in [6, 6.07) is 8.26. The Labute approximate surface area is 152 Å². The SMILES string of the molecule is CNCC1CCN(C(=O)CCCCCc2ccc(OC)cc2)C1.Cl. The summed E-state index contributed by atoms with van der Waals surface area (Å²) in [6.07, 6.45) is 6.18. The smallest absolute Gasteiger partial charge is 0.222 e. The van der Waals surface area contributed by atoms with E-state index < -0.39 is 0 Å². The molecule has 4 nitrogen and oxygen atoms in total. The summed E-state index contributed by atoms with van der Waals surface area (Å²) in [7, 11) is 3.67. The van der Waals surface area contributed by atoms with E-state index in [0.717, 1.165) is 57.5 Å². The monoisotopic (exact) mass is 354 g/mol. The van der Waals surface area contributed by atoms with Gasteiger partial charge in [-0.05, 0) is 62.9 Å². The standard InChI is InChI=1S/C19H30N2O2.ClH/c1-20-14-17-12-13-21(15-17)19(22)7-5-3-4-6-16-8-10-18(23-2)11-9-16;/h8-11,17,20H,3-7,12-15H2,1-2H3;1H. The van der Waals surface area contributed by atoms with Gasteiger partial charge in [-0.1, -0.05) is 18.6 Å². The van der Waals surface area contributed by atoms with Crippen LogP contribution in [0.2, 0.25) is 0 Å². The van der Waals surface area contributed by atoms with E-state index in [1.807, 2.05) is 24.1 Å². The summed E-state index contributed by atoms with van der Waals surface area (Å²) in [5, 5.41) is 3.21. The van der Waals surface area contributed by atoms with Crippen LogP contribution in [-0.4, -0.2) is 44.6 Å². The van der Waals surface area contributed by atoms with Crippen molar-refractivity contribution < 1.29 is 9.53 Å². The number of benzene rings is 1. The summed E-state index contributed by atoms with van der Waals surface area (Å²) >= 11 is 0. The molecule has 136 valence electrons. The van der Waals surface area contributed by atoms with Crippen LogP contribution in [0.3, 0.4) is 0 Å². The Balaban J connectivity index is 0.00000288. The second-order valence-electron chi connectivity index (χ2n) is 6.46. The molecule has 1 unspecified atom stereocenters. The molecule has 1 aliphatic heterocycles. The molecule has 5 heteroatoms. The summed E-state index contributed by atoms with van der Waals surface area (Å²) in [6.45, 7) is 2.90. The van der Waals surface area contributed by atoms with E-state index in [-0.39, 0.29) is 12.4 Å². The van der Waals surface area contributed by atoms with Gasteiger partial charge in [-0.15, -0.1) is 12.4 Å². The first-order valence-electron chi connectivity index (χ1n) is 8.78. The molecule has 0 spiro atoms. The first kappa shape index (κ1) is 20.8. The van der Waals surface area contributed by atoms with Crippen LogP contribution in [0.25, 0.3) is 0 Å². The molecule has 0 aromatic heterocycles. The predicted octanol–water partition coefficient (Wildman–Crippen LogP) is 3.29. The zero-order chi connectivity index (χ0) is 16.5. The van der Waals surface area contributed by atoms with Gasteiger partial charge < -0.3 is 15.0 Å². The average molecular weight is 355 g/mol. The molecule has 1 saturated heterocycles. The Bertz CT molecular complexity index is 479. The Kier molecular flexibility index (Phi) is 9.80. The van der Waals surface area contributed by atoms with Crippen LogP contribution in [0.4, 0.5) is 0 Å². The lowest BCUT2D eigenvalue weighted by atomic mass is 10.1. The number of likely N-dealkylation sites (tertiary alicyclic amines) is 1. The number of ether oxygens (including phenoxy) is 1. The van der Waals surface area contributed by atoms with Gasteiger partial charge in [0.2, 0.25) is 5.91 Å². The lowest BCUT2D eigenvalue weighted by Crippen LogP contribution is -2.30. The van der Waals surface area contributed by atoms with Gasteiger partial charge in [-0.25, -0.2) is 0 Å². The van der Waals surface area contributed by atoms with Crippen molar-refractivity contribution >= 4 is 18.3 Å². The van der Waals surface area contributed by atoms with Gasteiger partial charge in [0.15, 0.2) is 0 Å². The highest BCUT2D eigenvalue weighted by Crippen LogP contribution is 2.18. The second kappa shape index (κ2) is 11.3. The third-order valence-electron chi connectivity index (χ3n) is 4.65. The molecular formula is C19H31ClN2O2. The molecule has 0 radical (unpaired) electrons. The van der Waals surface area contributed by atoms with Crippen molar-refractivity contribution in [3.63, 3.8) is 0 Å². The first-order valence-corrected chi connectivity index (χ1v) is 8.78. The maximum Gasteiger partial charge on any atom is 0.222 e. The zero-order valence-electron chi connectivity index (χ0n) is 14.9. The van der Waals surface area contributed by atoms with Crippen LogP contribution in [0, 0.1) is 5.92 Å². The fourth-order valence-electron chi connectivity index (χ4n) is 3.25. The molecule has 0 bridgehead atoms. The van der Waals surface area contributed by atoms with E-state index in [4.69, 9.17) is 4.74 Å². The normalized spacial score (nSPS) is 16.8. The summed E-state index contributed by atoms with van der Waals surface area (Å²) in [5.74, 6) is 1.88. The van der Waals surface area contributed by atoms with E-state index in [1.54, 1.807) is 7.11 Å². The number of amides is 1. The average Bonchev–Trinajstić information content (AvgIpc) is 3.04. The van der Waals surface area contributed by atoms with E-state index in [1.165, 1.54) is 5.56 Å². The predicted molar refractivity (Wildman–Crippen MR) is 101 cm³/mol. The van der Waals surface area contributed by atoms with Gasteiger partial charge in [0.25, 0.3) is 0 Å². The molecular weight excluding hydrogens is 324 g/mol. The van der Waals surface area contributed by atoms with Crippen molar-refractivity contribution in [1.29, 1.82) is 0 Å². The Hall–Kier alpha value is -1.26. The van der Waals surface area contributed by atoms with Crippen LogP contribution < -0.4 is 10.1 Å².